The van der Waals surface area contributed by atoms with Crippen LogP contribution in [0.25, 0.3) is 11.1 Å². The van der Waals surface area contributed by atoms with Gasteiger partial charge >= 0.3 is 12.2 Å². The maximum atomic E-state index is 14.5. The van der Waals surface area contributed by atoms with E-state index in [1.54, 1.807) is 16.8 Å². The average Bonchev–Trinajstić information content (AvgIpc) is 3.87. The number of carbonyl (C=O) groups is 5. The lowest BCUT2D eigenvalue weighted by molar-refractivity contribution is -0.141. The number of ether oxygens (including phenoxy) is 2. The standard InChI is InChI=1S/C50H67N5O7/c1-7-8-31-61-49(59)52-38(32-34(2)3)28-27-37(33-36-19-10-9-11-20-36)48(58)55-30-18-26-44(55)47(57)53-43(46(56)51-35(4)5)25-16-17-29-54(6)50(60)62-45-41-23-14-12-21-39(41)40-22-13-15-24-42(40)45/h9-15,19-24,27-28,34-35,37-38,43-45H,7-8,16-18,25-26,29-33H2,1-6H3,(H,51,56)(H,52,59)(H,53,57)/b28-27+/t37-,38-,43+,44+/m1/s1. The summed E-state index contributed by atoms with van der Waals surface area (Å²) in [5, 5.41) is 8.91. The quantitative estimate of drug-likeness (QED) is 0.0722. The number of fused-ring (bicyclic) bond motifs is 3. The molecular formula is C50H67N5O7. The fourth-order valence-corrected chi connectivity index (χ4v) is 8.22. The summed E-state index contributed by atoms with van der Waals surface area (Å²) in [5.74, 6) is -1.17. The Morgan fingerprint density at radius 2 is 1.48 bits per heavy atom. The topological polar surface area (TPSA) is 146 Å². The third-order valence-corrected chi connectivity index (χ3v) is 11.4. The van der Waals surface area contributed by atoms with Gasteiger partial charge in [-0.15, -0.1) is 0 Å². The molecule has 1 fully saturated rings. The normalized spacial score (nSPS) is 16.1. The van der Waals surface area contributed by atoms with Crippen LogP contribution >= 0.6 is 0 Å². The van der Waals surface area contributed by atoms with Crippen LogP contribution in [0.4, 0.5) is 9.59 Å². The second-order valence-electron chi connectivity index (χ2n) is 17.3. The van der Waals surface area contributed by atoms with E-state index in [1.165, 1.54) is 0 Å². The lowest BCUT2D eigenvalue weighted by Gasteiger charge is -2.29. The maximum absolute atomic E-state index is 14.5. The van der Waals surface area contributed by atoms with E-state index in [0.717, 1.165) is 40.7 Å². The summed E-state index contributed by atoms with van der Waals surface area (Å²) in [7, 11) is 1.70. The molecule has 0 unspecified atom stereocenters. The number of hydrogen-bond donors (Lipinski definition) is 3. The lowest BCUT2D eigenvalue weighted by Crippen LogP contribution is -2.54. The molecular weight excluding hydrogens is 783 g/mol. The van der Waals surface area contributed by atoms with Gasteiger partial charge in [-0.05, 0) is 87.8 Å². The number of alkyl carbamates (subject to hydrolysis) is 1. The first-order valence-electron chi connectivity index (χ1n) is 22.5. The van der Waals surface area contributed by atoms with Crippen molar-refractivity contribution in [2.24, 2.45) is 11.8 Å². The van der Waals surface area contributed by atoms with Crippen LogP contribution in [-0.2, 0) is 30.3 Å². The first-order chi connectivity index (χ1) is 29.9. The summed E-state index contributed by atoms with van der Waals surface area (Å²) in [6.07, 6.45) is 7.70. The average molecular weight is 850 g/mol. The molecule has 1 saturated heterocycles. The van der Waals surface area contributed by atoms with Crippen molar-refractivity contribution in [1.82, 2.24) is 25.8 Å². The monoisotopic (exact) mass is 850 g/mol. The van der Waals surface area contributed by atoms with Crippen molar-refractivity contribution in [3.8, 4) is 11.1 Å². The highest BCUT2D eigenvalue weighted by molar-refractivity contribution is 5.93. The van der Waals surface area contributed by atoms with Crippen LogP contribution in [0.5, 0.6) is 0 Å². The number of carbonyl (C=O) groups excluding carboxylic acids is 5. The minimum Gasteiger partial charge on any atom is -0.450 e. The van der Waals surface area contributed by atoms with E-state index >= 15 is 0 Å². The molecule has 3 N–H and O–H groups in total. The van der Waals surface area contributed by atoms with Crippen molar-refractivity contribution >= 4 is 29.9 Å². The van der Waals surface area contributed by atoms with Crippen LogP contribution in [0, 0.1) is 11.8 Å². The number of benzene rings is 3. The molecule has 62 heavy (non-hydrogen) atoms. The fourth-order valence-electron chi connectivity index (χ4n) is 8.22. The third kappa shape index (κ3) is 13.4. The molecule has 3 aromatic rings. The minimum absolute atomic E-state index is 0.143. The van der Waals surface area contributed by atoms with Crippen molar-refractivity contribution in [2.45, 2.75) is 123 Å². The Morgan fingerprint density at radius 3 is 2.13 bits per heavy atom. The highest BCUT2D eigenvalue weighted by atomic mass is 16.6. The van der Waals surface area contributed by atoms with Crippen LogP contribution in [0.2, 0.25) is 0 Å². The van der Waals surface area contributed by atoms with E-state index < -0.39 is 36.3 Å². The molecule has 0 saturated carbocycles. The van der Waals surface area contributed by atoms with Gasteiger partial charge in [-0.25, -0.2) is 9.59 Å². The Balaban J connectivity index is 1.22. The van der Waals surface area contributed by atoms with E-state index in [9.17, 15) is 24.0 Å². The van der Waals surface area contributed by atoms with Crippen molar-refractivity contribution < 1.29 is 33.4 Å². The smallest absolute Gasteiger partial charge is 0.410 e. The molecule has 2 aliphatic rings. The molecule has 1 heterocycles. The lowest BCUT2D eigenvalue weighted by atomic mass is 9.95. The molecule has 5 rings (SSSR count). The summed E-state index contributed by atoms with van der Waals surface area (Å²) < 4.78 is 11.4. The molecule has 0 aromatic heterocycles. The first kappa shape index (κ1) is 47.4. The van der Waals surface area contributed by atoms with Gasteiger partial charge in [0, 0.05) is 37.3 Å². The molecule has 12 nitrogen and oxygen atoms in total. The predicted octanol–water partition coefficient (Wildman–Crippen LogP) is 8.35. The Bertz CT molecular complexity index is 1940. The molecule has 1 aliphatic carbocycles. The second-order valence-corrected chi connectivity index (χ2v) is 17.3. The molecule has 0 bridgehead atoms. The van der Waals surface area contributed by atoms with Gasteiger partial charge in [-0.2, -0.15) is 0 Å². The van der Waals surface area contributed by atoms with Gasteiger partial charge in [0.1, 0.15) is 12.1 Å². The Labute approximate surface area is 368 Å². The SMILES string of the molecule is CCCCOC(=O)N[C@H](/C=C/[C@H](Cc1ccccc1)C(=O)N1CCC[C@H]1C(=O)N[C@@H](CCCCN(C)C(=O)OC1c2ccccc2-c2ccccc21)C(=O)NC(C)C)CC(C)C. The zero-order valence-corrected chi connectivity index (χ0v) is 37.4. The van der Waals surface area contributed by atoms with E-state index in [0.29, 0.717) is 64.6 Å². The van der Waals surface area contributed by atoms with Crippen LogP contribution < -0.4 is 16.0 Å². The van der Waals surface area contributed by atoms with Gasteiger partial charge in [0.25, 0.3) is 0 Å². The van der Waals surface area contributed by atoms with Crippen molar-refractivity contribution in [2.75, 3.05) is 26.7 Å². The summed E-state index contributed by atoms with van der Waals surface area (Å²) in [4.78, 5) is 71.2. The van der Waals surface area contributed by atoms with E-state index in [4.69, 9.17) is 9.47 Å². The highest BCUT2D eigenvalue weighted by Gasteiger charge is 2.38. The van der Waals surface area contributed by atoms with Crippen molar-refractivity contribution in [3.05, 3.63) is 108 Å². The van der Waals surface area contributed by atoms with Crippen LogP contribution in [0.1, 0.15) is 109 Å². The number of nitrogens with one attached hydrogen (secondary N) is 3. The predicted molar refractivity (Wildman–Crippen MR) is 242 cm³/mol. The van der Waals surface area contributed by atoms with E-state index in [-0.39, 0.29) is 35.7 Å². The molecule has 4 atom stereocenters. The second kappa shape index (κ2) is 23.5. The van der Waals surface area contributed by atoms with Crippen LogP contribution in [0.3, 0.4) is 0 Å². The summed E-state index contributed by atoms with van der Waals surface area (Å²) in [6, 6.07) is 23.6. The maximum Gasteiger partial charge on any atom is 0.410 e. The Kier molecular flexibility index (Phi) is 18.0. The zero-order chi connectivity index (χ0) is 44.6. The number of likely N-dealkylation sites (tertiary alicyclic amines) is 1. The summed E-state index contributed by atoms with van der Waals surface area (Å²) in [6.45, 7) is 11.1. The van der Waals surface area contributed by atoms with Crippen molar-refractivity contribution in [1.29, 1.82) is 0 Å². The largest absolute Gasteiger partial charge is 0.450 e. The van der Waals surface area contributed by atoms with Gasteiger partial charge in [0.2, 0.25) is 17.7 Å². The number of unbranched alkanes of at least 4 members (excludes halogenated alkanes) is 2. The molecule has 0 spiro atoms. The number of nitrogens with zero attached hydrogens (tertiary/aromatic N) is 2. The number of amides is 5. The van der Waals surface area contributed by atoms with Gasteiger partial charge < -0.3 is 35.2 Å². The van der Waals surface area contributed by atoms with Gasteiger partial charge in [0.15, 0.2) is 6.10 Å². The van der Waals surface area contributed by atoms with Gasteiger partial charge in [-0.1, -0.05) is 118 Å². The molecule has 5 amide bonds. The Hall–Kier alpha value is -5.65. The first-order valence-corrected chi connectivity index (χ1v) is 22.5. The molecule has 334 valence electrons. The van der Waals surface area contributed by atoms with Crippen LogP contribution in [-0.4, -0.2) is 90.6 Å². The fraction of sp³-hybridized carbons (Fsp3) is 0.500. The Morgan fingerprint density at radius 1 is 0.823 bits per heavy atom. The zero-order valence-electron chi connectivity index (χ0n) is 37.4. The molecule has 12 heteroatoms. The van der Waals surface area contributed by atoms with E-state index in [1.807, 2.05) is 112 Å². The summed E-state index contributed by atoms with van der Waals surface area (Å²) in [5.41, 5.74) is 5.01. The van der Waals surface area contributed by atoms with Gasteiger partial charge in [0.05, 0.1) is 18.6 Å². The van der Waals surface area contributed by atoms with Crippen LogP contribution in [0.15, 0.2) is 91.0 Å². The molecule has 3 aromatic carbocycles. The number of hydrogen-bond acceptors (Lipinski definition) is 7. The minimum atomic E-state index is -0.828. The highest BCUT2D eigenvalue weighted by Crippen LogP contribution is 2.45. The van der Waals surface area contributed by atoms with Crippen molar-refractivity contribution in [3.63, 3.8) is 0 Å². The summed E-state index contributed by atoms with van der Waals surface area (Å²) >= 11 is 0. The number of rotatable bonds is 21. The molecule has 1 aliphatic heterocycles. The molecule has 0 radical (unpaired) electrons. The van der Waals surface area contributed by atoms with Gasteiger partial charge in [-0.3, -0.25) is 14.4 Å². The van der Waals surface area contributed by atoms with E-state index in [2.05, 4.69) is 29.8 Å². The third-order valence-electron chi connectivity index (χ3n) is 11.4.